The van der Waals surface area contributed by atoms with E-state index >= 15 is 0 Å². The molecular formula is C21H24ClNO3S. The van der Waals surface area contributed by atoms with Gasteiger partial charge in [-0.3, -0.25) is 4.79 Å². The van der Waals surface area contributed by atoms with Gasteiger partial charge in [0, 0.05) is 34.9 Å². The first-order valence-corrected chi connectivity index (χ1v) is 10.5. The summed E-state index contributed by atoms with van der Waals surface area (Å²) < 4.78 is 10.9. The number of rotatable bonds is 8. The molecule has 1 saturated heterocycles. The zero-order valence-corrected chi connectivity index (χ0v) is 16.7. The van der Waals surface area contributed by atoms with E-state index in [4.69, 9.17) is 21.1 Å². The Bertz CT molecular complexity index is 750. The molecule has 0 saturated carbocycles. The van der Waals surface area contributed by atoms with Crippen LogP contribution in [-0.2, 0) is 26.6 Å². The fourth-order valence-corrected chi connectivity index (χ4v) is 4.19. The Labute approximate surface area is 169 Å². The van der Waals surface area contributed by atoms with E-state index in [1.165, 1.54) is 5.56 Å². The van der Waals surface area contributed by atoms with Crippen molar-refractivity contribution in [2.75, 3.05) is 25.1 Å². The first-order chi connectivity index (χ1) is 13.2. The van der Waals surface area contributed by atoms with Gasteiger partial charge in [0.1, 0.15) is 6.61 Å². The number of hydrogen-bond acceptors (Lipinski definition) is 4. The lowest BCUT2D eigenvalue weighted by atomic mass is 10.2. The molecule has 2 aromatic carbocycles. The molecule has 4 nitrogen and oxygen atoms in total. The van der Waals surface area contributed by atoms with E-state index in [0.717, 1.165) is 43.1 Å². The molecule has 6 heteroatoms. The van der Waals surface area contributed by atoms with E-state index in [2.05, 4.69) is 11.4 Å². The lowest BCUT2D eigenvalue weighted by Gasteiger charge is -2.21. The molecule has 1 aliphatic rings. The minimum atomic E-state index is -0.170. The first-order valence-electron chi connectivity index (χ1n) is 9.10. The maximum absolute atomic E-state index is 12.1. The Morgan fingerprint density at radius 1 is 1.19 bits per heavy atom. The second-order valence-corrected chi connectivity index (χ2v) is 8.15. The van der Waals surface area contributed by atoms with Gasteiger partial charge in [-0.1, -0.05) is 41.9 Å². The fraction of sp³-hybridized carbons (Fsp3) is 0.381. The summed E-state index contributed by atoms with van der Waals surface area (Å²) in [4.78, 5) is 12.1. The van der Waals surface area contributed by atoms with E-state index in [-0.39, 0.29) is 12.5 Å². The predicted molar refractivity (Wildman–Crippen MR) is 111 cm³/mol. The van der Waals surface area contributed by atoms with Gasteiger partial charge in [-0.2, -0.15) is 11.8 Å². The Hall–Kier alpha value is -1.53. The summed E-state index contributed by atoms with van der Waals surface area (Å²) in [7, 11) is 0. The molecule has 0 aromatic heterocycles. The van der Waals surface area contributed by atoms with Crippen LogP contribution in [0.15, 0.2) is 48.5 Å². The lowest BCUT2D eigenvalue weighted by molar-refractivity contribution is -0.121. The lowest BCUT2D eigenvalue weighted by Crippen LogP contribution is -2.18. The van der Waals surface area contributed by atoms with E-state index in [0.29, 0.717) is 16.9 Å². The second-order valence-electron chi connectivity index (χ2n) is 6.46. The van der Waals surface area contributed by atoms with Crippen LogP contribution in [0.5, 0.6) is 0 Å². The van der Waals surface area contributed by atoms with Crippen LogP contribution in [-0.4, -0.2) is 31.0 Å². The molecule has 1 aliphatic heterocycles. The Morgan fingerprint density at radius 2 is 2.00 bits per heavy atom. The van der Waals surface area contributed by atoms with Gasteiger partial charge in [-0.25, -0.2) is 0 Å². The van der Waals surface area contributed by atoms with Crippen LogP contribution in [0, 0.1) is 0 Å². The van der Waals surface area contributed by atoms with Crippen LogP contribution in [0.1, 0.15) is 24.0 Å². The van der Waals surface area contributed by atoms with Crippen LogP contribution in [0.3, 0.4) is 0 Å². The third-order valence-electron chi connectivity index (χ3n) is 4.31. The van der Waals surface area contributed by atoms with Gasteiger partial charge in [0.25, 0.3) is 0 Å². The number of amides is 1. The van der Waals surface area contributed by atoms with Crippen molar-refractivity contribution in [1.82, 2.24) is 0 Å². The molecule has 0 atom stereocenters. The van der Waals surface area contributed by atoms with Gasteiger partial charge in [0.15, 0.2) is 0 Å². The van der Waals surface area contributed by atoms with Crippen molar-refractivity contribution in [3.05, 3.63) is 64.7 Å². The SMILES string of the molecule is O=C(COCc1ccccc1Cl)Nc1cccc(CSC2CCOCC2)c1. The Morgan fingerprint density at radius 3 is 2.81 bits per heavy atom. The van der Waals surface area contributed by atoms with Gasteiger partial charge in [0.05, 0.1) is 6.61 Å². The summed E-state index contributed by atoms with van der Waals surface area (Å²) in [6.07, 6.45) is 2.23. The highest BCUT2D eigenvalue weighted by atomic mass is 35.5. The number of benzene rings is 2. The highest BCUT2D eigenvalue weighted by Crippen LogP contribution is 2.26. The molecule has 0 radical (unpaired) electrons. The predicted octanol–water partition coefficient (Wildman–Crippen LogP) is 4.91. The Balaban J connectivity index is 1.42. The average molecular weight is 406 g/mol. The van der Waals surface area contributed by atoms with Crippen molar-refractivity contribution in [1.29, 1.82) is 0 Å². The molecule has 0 spiro atoms. The largest absolute Gasteiger partial charge is 0.381 e. The van der Waals surface area contributed by atoms with Crippen molar-refractivity contribution < 1.29 is 14.3 Å². The summed E-state index contributed by atoms with van der Waals surface area (Å²) >= 11 is 8.04. The third-order valence-corrected chi connectivity index (χ3v) is 6.12. The first kappa shape index (κ1) is 20.2. The van der Waals surface area contributed by atoms with Crippen LogP contribution in [0.2, 0.25) is 5.02 Å². The molecule has 27 heavy (non-hydrogen) atoms. The van der Waals surface area contributed by atoms with Gasteiger partial charge in [-0.15, -0.1) is 0 Å². The summed E-state index contributed by atoms with van der Waals surface area (Å²) in [6.45, 7) is 2.03. The monoisotopic (exact) mass is 405 g/mol. The van der Waals surface area contributed by atoms with Gasteiger partial charge in [-0.05, 0) is 42.2 Å². The normalized spacial score (nSPS) is 14.9. The number of carbonyl (C=O) groups is 1. The van der Waals surface area contributed by atoms with Crippen LogP contribution < -0.4 is 5.32 Å². The summed E-state index contributed by atoms with van der Waals surface area (Å²) in [6, 6.07) is 15.5. The summed E-state index contributed by atoms with van der Waals surface area (Å²) in [5.74, 6) is 0.772. The molecule has 0 unspecified atom stereocenters. The topological polar surface area (TPSA) is 47.6 Å². The number of hydrogen-bond donors (Lipinski definition) is 1. The molecule has 3 rings (SSSR count). The molecular weight excluding hydrogens is 382 g/mol. The van der Waals surface area contributed by atoms with Gasteiger partial charge >= 0.3 is 0 Å². The number of carbonyl (C=O) groups excluding carboxylic acids is 1. The van der Waals surface area contributed by atoms with Crippen LogP contribution >= 0.6 is 23.4 Å². The van der Waals surface area contributed by atoms with E-state index < -0.39 is 0 Å². The highest BCUT2D eigenvalue weighted by molar-refractivity contribution is 7.99. The molecule has 0 aliphatic carbocycles. The van der Waals surface area contributed by atoms with Crippen molar-refractivity contribution in [3.63, 3.8) is 0 Å². The van der Waals surface area contributed by atoms with E-state index in [1.54, 1.807) is 0 Å². The standard InChI is InChI=1S/C21H24ClNO3S/c22-20-7-2-1-5-17(20)13-26-14-21(24)23-18-6-3-4-16(12-18)15-27-19-8-10-25-11-9-19/h1-7,12,19H,8-11,13-15H2,(H,23,24). The summed E-state index contributed by atoms with van der Waals surface area (Å²) in [5, 5.41) is 4.20. The van der Waals surface area contributed by atoms with Crippen LogP contribution in [0.4, 0.5) is 5.69 Å². The maximum Gasteiger partial charge on any atom is 0.250 e. The van der Waals surface area contributed by atoms with Crippen molar-refractivity contribution in [2.24, 2.45) is 0 Å². The molecule has 1 amide bonds. The van der Waals surface area contributed by atoms with Crippen LogP contribution in [0.25, 0.3) is 0 Å². The molecule has 2 aromatic rings. The zero-order valence-electron chi connectivity index (χ0n) is 15.2. The smallest absolute Gasteiger partial charge is 0.250 e. The Kier molecular flexibility index (Phi) is 8.02. The summed E-state index contributed by atoms with van der Waals surface area (Å²) in [5.41, 5.74) is 2.88. The fourth-order valence-electron chi connectivity index (χ4n) is 2.86. The number of thioether (sulfide) groups is 1. The molecule has 1 N–H and O–H groups in total. The average Bonchev–Trinajstić information content (AvgIpc) is 2.69. The van der Waals surface area contributed by atoms with Crippen molar-refractivity contribution in [3.8, 4) is 0 Å². The number of nitrogens with one attached hydrogen (secondary N) is 1. The molecule has 1 heterocycles. The molecule has 0 bridgehead atoms. The van der Waals surface area contributed by atoms with E-state index in [9.17, 15) is 4.79 Å². The number of ether oxygens (including phenoxy) is 2. The van der Waals surface area contributed by atoms with E-state index in [1.807, 2.05) is 54.2 Å². The minimum Gasteiger partial charge on any atom is -0.381 e. The molecule has 144 valence electrons. The zero-order chi connectivity index (χ0) is 18.9. The van der Waals surface area contributed by atoms with Crippen molar-refractivity contribution in [2.45, 2.75) is 30.5 Å². The second kappa shape index (κ2) is 10.7. The van der Waals surface area contributed by atoms with Gasteiger partial charge < -0.3 is 14.8 Å². The molecule has 1 fully saturated rings. The maximum atomic E-state index is 12.1. The third kappa shape index (κ3) is 6.85. The van der Waals surface area contributed by atoms with Crippen molar-refractivity contribution >= 4 is 35.0 Å². The van der Waals surface area contributed by atoms with Gasteiger partial charge in [0.2, 0.25) is 5.91 Å². The minimum absolute atomic E-state index is 0.00766. The quantitative estimate of drug-likeness (QED) is 0.678. The number of halogens is 1. The number of anilines is 1. The highest BCUT2D eigenvalue weighted by Gasteiger charge is 2.14.